The summed E-state index contributed by atoms with van der Waals surface area (Å²) in [5.41, 5.74) is 14.9. The van der Waals surface area contributed by atoms with Crippen molar-refractivity contribution in [1.29, 1.82) is 0 Å². The smallest absolute Gasteiger partial charge is 0.305 e. The first-order chi connectivity index (χ1) is 15.5. The summed E-state index contributed by atoms with van der Waals surface area (Å²) in [7, 11) is 3.14. The van der Waals surface area contributed by atoms with E-state index in [0.717, 1.165) is 50.7 Å². The number of allylic oxidation sites excluding steroid dienone is 2. The van der Waals surface area contributed by atoms with Crippen molar-refractivity contribution in [3.63, 3.8) is 0 Å². The van der Waals surface area contributed by atoms with Gasteiger partial charge >= 0.3 is 5.82 Å². The van der Waals surface area contributed by atoms with Gasteiger partial charge in [0, 0.05) is 23.1 Å². The van der Waals surface area contributed by atoms with Crippen molar-refractivity contribution in [1.82, 2.24) is 5.01 Å². The quantitative estimate of drug-likeness (QED) is 0.501. The molecular formula is C27H30N4P+. The van der Waals surface area contributed by atoms with Crippen LogP contribution < -0.4 is 5.73 Å². The summed E-state index contributed by atoms with van der Waals surface area (Å²) in [6.07, 6.45) is 11.6. The molecule has 4 nitrogen and oxygen atoms in total. The second kappa shape index (κ2) is 8.27. The van der Waals surface area contributed by atoms with Crippen LogP contribution in [0.4, 0.5) is 0 Å². The van der Waals surface area contributed by atoms with E-state index in [-0.39, 0.29) is 5.54 Å². The van der Waals surface area contributed by atoms with Crippen molar-refractivity contribution in [3.05, 3.63) is 88.9 Å². The molecule has 1 aliphatic carbocycles. The summed E-state index contributed by atoms with van der Waals surface area (Å²) in [4.78, 5) is 0. The number of hydrogen-bond donors (Lipinski definition) is 1. The molecule has 2 aliphatic heterocycles. The lowest BCUT2D eigenvalue weighted by molar-refractivity contribution is -0.462. The van der Waals surface area contributed by atoms with Crippen molar-refractivity contribution in [2.75, 3.05) is 7.05 Å². The highest BCUT2D eigenvalue weighted by Gasteiger charge is 2.36. The van der Waals surface area contributed by atoms with Crippen molar-refractivity contribution in [2.24, 2.45) is 10.8 Å². The topological polar surface area (TPSA) is 44.6 Å². The molecule has 0 amide bonds. The predicted octanol–water partition coefficient (Wildman–Crippen LogP) is 5.53. The molecule has 0 bridgehead atoms. The van der Waals surface area contributed by atoms with E-state index in [1.807, 2.05) is 0 Å². The standard InChI is InChI=1S/C27H30N4P/c1-19-10-15-24(32-3)29-31-18-23(20-8-5-4-6-9-20)25(30(2)26(19)31)21-11-13-22(14-12-21)27(28)16-7-17-27/h4-6,8-9,11-14,18H,3,7,10,15-17,28H2,1-2H3/q+1. The fraction of sp³-hybridized carbons (Fsp3) is 0.296. The van der Waals surface area contributed by atoms with Crippen molar-refractivity contribution >= 4 is 31.2 Å². The van der Waals surface area contributed by atoms with Crippen molar-refractivity contribution in [3.8, 4) is 0 Å². The van der Waals surface area contributed by atoms with Crippen LogP contribution in [-0.4, -0.2) is 34.1 Å². The lowest BCUT2D eigenvalue weighted by atomic mass is 9.72. The Morgan fingerprint density at radius 1 is 1.03 bits per heavy atom. The number of hydrazone groups is 1. The van der Waals surface area contributed by atoms with Gasteiger partial charge in [0.2, 0.25) is 0 Å². The Morgan fingerprint density at radius 2 is 1.75 bits per heavy atom. The molecule has 32 heavy (non-hydrogen) atoms. The summed E-state index contributed by atoms with van der Waals surface area (Å²) in [6, 6.07) is 19.5. The summed E-state index contributed by atoms with van der Waals surface area (Å²) in [5, 5.41) is 7.01. The van der Waals surface area contributed by atoms with Crippen LogP contribution in [0.2, 0.25) is 0 Å². The molecule has 0 spiro atoms. The van der Waals surface area contributed by atoms with Gasteiger partial charge in [0.25, 0.3) is 0 Å². The van der Waals surface area contributed by atoms with Crippen LogP contribution >= 0.6 is 8.20 Å². The molecule has 5 heteroatoms. The van der Waals surface area contributed by atoms with Crippen LogP contribution in [0.1, 0.15) is 55.7 Å². The molecule has 0 aromatic heterocycles. The Bertz CT molecular complexity index is 1180. The molecule has 162 valence electrons. The Labute approximate surface area is 192 Å². The maximum Gasteiger partial charge on any atom is 0.305 e. The monoisotopic (exact) mass is 441 g/mol. The van der Waals surface area contributed by atoms with Crippen LogP contribution in [0.5, 0.6) is 0 Å². The van der Waals surface area contributed by atoms with E-state index in [9.17, 15) is 0 Å². The van der Waals surface area contributed by atoms with E-state index in [2.05, 4.69) is 90.7 Å². The van der Waals surface area contributed by atoms with Gasteiger partial charge in [0.1, 0.15) is 17.4 Å². The highest BCUT2D eigenvalue weighted by molar-refractivity contribution is 7.56. The molecule has 3 aliphatic rings. The highest BCUT2D eigenvalue weighted by Crippen LogP contribution is 2.39. The Morgan fingerprint density at radius 3 is 2.38 bits per heavy atom. The number of nitrogens with zero attached hydrogens (tertiary/aromatic N) is 3. The van der Waals surface area contributed by atoms with E-state index in [1.165, 1.54) is 34.4 Å². The summed E-state index contributed by atoms with van der Waals surface area (Å²) in [5.74, 6) is 1.14. The number of benzene rings is 2. The van der Waals surface area contributed by atoms with Gasteiger partial charge in [-0.15, -0.1) is 5.01 Å². The predicted molar refractivity (Wildman–Crippen MR) is 136 cm³/mol. The SMILES string of the molecule is C=PC1=NN2C=C(c3ccccc3)C(c3ccc(C4(N)CCC4)cc3)=[N+](C)C2=C(C)CC1. The molecule has 1 saturated carbocycles. The zero-order valence-electron chi connectivity index (χ0n) is 18.9. The second-order valence-electron chi connectivity index (χ2n) is 9.03. The van der Waals surface area contributed by atoms with Gasteiger partial charge in [-0.1, -0.05) is 74.2 Å². The fourth-order valence-corrected chi connectivity index (χ4v) is 5.35. The normalized spacial score (nSPS) is 20.4. The Balaban J connectivity index is 1.67. The van der Waals surface area contributed by atoms with E-state index in [1.54, 1.807) is 0 Å². The van der Waals surface area contributed by atoms with Crippen molar-refractivity contribution in [2.45, 2.75) is 44.6 Å². The minimum absolute atomic E-state index is 0.143. The van der Waals surface area contributed by atoms with E-state index < -0.39 is 0 Å². The minimum atomic E-state index is -0.143. The van der Waals surface area contributed by atoms with Gasteiger partial charge in [-0.05, 0) is 43.7 Å². The maximum absolute atomic E-state index is 6.58. The molecule has 0 atom stereocenters. The zero-order valence-corrected chi connectivity index (χ0v) is 19.8. The number of rotatable bonds is 4. The molecule has 2 heterocycles. The molecule has 0 saturated heterocycles. The van der Waals surface area contributed by atoms with E-state index >= 15 is 0 Å². The van der Waals surface area contributed by atoms with Gasteiger partial charge < -0.3 is 5.73 Å². The number of nitrogens with two attached hydrogens (primary N) is 1. The highest BCUT2D eigenvalue weighted by atomic mass is 31.1. The average Bonchev–Trinajstić information content (AvgIpc) is 2.96. The average molecular weight is 442 g/mol. The van der Waals surface area contributed by atoms with Gasteiger partial charge in [0.15, 0.2) is 0 Å². The molecule has 2 aromatic carbocycles. The largest absolute Gasteiger partial charge is 0.321 e. The van der Waals surface area contributed by atoms with E-state index in [0.29, 0.717) is 0 Å². The van der Waals surface area contributed by atoms with Crippen LogP contribution in [0, 0.1) is 0 Å². The van der Waals surface area contributed by atoms with Gasteiger partial charge in [-0.3, -0.25) is 0 Å². The third-order valence-corrected chi connectivity index (χ3v) is 7.63. The zero-order chi connectivity index (χ0) is 22.3. The first kappa shape index (κ1) is 21.1. The molecule has 2 N–H and O–H groups in total. The summed E-state index contributed by atoms with van der Waals surface area (Å²) >= 11 is 0. The maximum atomic E-state index is 6.58. The first-order valence-corrected chi connectivity index (χ1v) is 12.4. The molecule has 0 radical (unpaired) electrons. The first-order valence-electron chi connectivity index (χ1n) is 11.3. The van der Waals surface area contributed by atoms with Crippen molar-refractivity contribution < 1.29 is 4.58 Å². The third-order valence-electron chi connectivity index (χ3n) is 6.95. The van der Waals surface area contributed by atoms with Gasteiger partial charge in [0.05, 0.1) is 12.6 Å². The summed E-state index contributed by atoms with van der Waals surface area (Å²) < 4.78 is 2.31. The van der Waals surface area contributed by atoms with Crippen LogP contribution in [0.15, 0.2) is 77.3 Å². The van der Waals surface area contributed by atoms with E-state index in [4.69, 9.17) is 10.8 Å². The molecule has 2 aromatic rings. The molecule has 0 unspecified atom stereocenters. The Kier molecular flexibility index (Phi) is 5.44. The fourth-order valence-electron chi connectivity index (χ4n) is 4.92. The molecular weight excluding hydrogens is 411 g/mol. The summed E-state index contributed by atoms with van der Waals surface area (Å²) in [6.45, 7) is 2.22. The number of hydrogen-bond acceptors (Lipinski definition) is 3. The van der Waals surface area contributed by atoms with Gasteiger partial charge in [-0.25, -0.2) is 4.58 Å². The van der Waals surface area contributed by atoms with Gasteiger partial charge in [-0.2, -0.15) is 0 Å². The molecule has 5 rings (SSSR count). The van der Waals surface area contributed by atoms with Crippen LogP contribution in [0.25, 0.3) is 5.57 Å². The van der Waals surface area contributed by atoms with Crippen LogP contribution in [0.3, 0.4) is 0 Å². The number of fused-ring (bicyclic) bond motifs is 1. The Hall–Kier alpha value is -2.81. The second-order valence-corrected chi connectivity index (χ2v) is 9.86. The lowest BCUT2D eigenvalue weighted by Gasteiger charge is -2.38. The minimum Gasteiger partial charge on any atom is -0.321 e. The third kappa shape index (κ3) is 3.58. The van der Waals surface area contributed by atoms with Crippen LogP contribution in [-0.2, 0) is 5.54 Å². The lowest BCUT2D eigenvalue weighted by Crippen LogP contribution is -2.43. The molecule has 1 fully saturated rings.